The van der Waals surface area contributed by atoms with E-state index in [1.54, 1.807) is 4.68 Å². The van der Waals surface area contributed by atoms with Gasteiger partial charge < -0.3 is 5.73 Å². The summed E-state index contributed by atoms with van der Waals surface area (Å²) in [6, 6.07) is 5.81. The lowest BCUT2D eigenvalue weighted by Crippen LogP contribution is -2.18. The van der Waals surface area contributed by atoms with Crippen molar-refractivity contribution in [1.82, 2.24) is 9.78 Å². The highest BCUT2D eigenvalue weighted by Gasteiger charge is 2.10. The van der Waals surface area contributed by atoms with Crippen LogP contribution in [0.25, 0.3) is 10.9 Å². The molecule has 2 aromatic rings. The van der Waals surface area contributed by atoms with Gasteiger partial charge >= 0.3 is 0 Å². The molecule has 0 fully saturated rings. The topological polar surface area (TPSA) is 63.8 Å². The van der Waals surface area contributed by atoms with E-state index < -0.39 is 0 Å². The zero-order valence-electron chi connectivity index (χ0n) is 9.82. The van der Waals surface area contributed by atoms with E-state index in [2.05, 4.69) is 5.10 Å². The fourth-order valence-corrected chi connectivity index (χ4v) is 1.80. The van der Waals surface area contributed by atoms with Gasteiger partial charge in [0.2, 0.25) is 0 Å². The Morgan fingerprint density at radius 3 is 2.56 bits per heavy atom. The lowest BCUT2D eigenvalue weighted by atomic mass is 10.1. The molecule has 0 saturated carbocycles. The van der Waals surface area contributed by atoms with Crippen LogP contribution in [0.1, 0.15) is 38.4 Å². The fourth-order valence-electron chi connectivity index (χ4n) is 1.80. The van der Waals surface area contributed by atoms with E-state index in [1.165, 1.54) is 0 Å². The second-order valence-corrected chi connectivity index (χ2v) is 4.47. The zero-order valence-corrected chi connectivity index (χ0v) is 9.82. The van der Waals surface area contributed by atoms with Crippen LogP contribution in [0.5, 0.6) is 0 Å². The number of nitrogens with two attached hydrogens (primary N) is 1. The lowest BCUT2D eigenvalue weighted by Gasteiger charge is -2.04. The van der Waals surface area contributed by atoms with Crippen molar-refractivity contribution in [2.75, 3.05) is 0 Å². The van der Waals surface area contributed by atoms with Crippen molar-refractivity contribution in [2.45, 2.75) is 32.9 Å². The van der Waals surface area contributed by atoms with Crippen LogP contribution < -0.4 is 11.3 Å². The highest BCUT2D eigenvalue weighted by atomic mass is 16.1. The van der Waals surface area contributed by atoms with E-state index >= 15 is 0 Å². The summed E-state index contributed by atoms with van der Waals surface area (Å²) in [7, 11) is 0. The molecule has 1 aromatic carbocycles. The lowest BCUT2D eigenvalue weighted by molar-refractivity contribution is 0.522. The molecule has 0 radical (unpaired) electrons. The minimum Gasteiger partial charge on any atom is -0.324 e. The van der Waals surface area contributed by atoms with Gasteiger partial charge in [-0.1, -0.05) is 6.07 Å². The van der Waals surface area contributed by atoms with Crippen LogP contribution >= 0.6 is 0 Å². The Kier molecular flexibility index (Phi) is 2.59. The van der Waals surface area contributed by atoms with Gasteiger partial charge in [0.05, 0.1) is 10.9 Å². The molecule has 4 nitrogen and oxygen atoms in total. The predicted octanol–water partition coefficient (Wildman–Crippen LogP) is 1.93. The Labute approximate surface area is 94.0 Å². The van der Waals surface area contributed by atoms with Gasteiger partial charge in [0.1, 0.15) is 0 Å². The average molecular weight is 219 g/mol. The van der Waals surface area contributed by atoms with Crippen molar-refractivity contribution >= 4 is 10.9 Å². The molecule has 0 aliphatic heterocycles. The summed E-state index contributed by atoms with van der Waals surface area (Å²) in [6.45, 7) is 5.88. The van der Waals surface area contributed by atoms with E-state index in [-0.39, 0.29) is 17.6 Å². The summed E-state index contributed by atoms with van der Waals surface area (Å²) in [5, 5.41) is 3.83. The van der Waals surface area contributed by atoms with E-state index in [9.17, 15) is 4.79 Å². The van der Waals surface area contributed by atoms with Gasteiger partial charge in [0, 0.05) is 12.1 Å². The van der Waals surface area contributed by atoms with Crippen LogP contribution in [0, 0.1) is 0 Å². The maximum atomic E-state index is 12.0. The maximum Gasteiger partial charge on any atom is 0.274 e. The number of nitrogens with zero attached hydrogens (tertiary/aromatic N) is 1. The first kappa shape index (κ1) is 11.0. The van der Waals surface area contributed by atoms with Crippen LogP contribution in [-0.2, 0) is 0 Å². The molecule has 16 heavy (non-hydrogen) atoms. The van der Waals surface area contributed by atoms with Crippen LogP contribution in [-0.4, -0.2) is 9.78 Å². The fraction of sp³-hybridized carbons (Fsp3) is 0.417. The number of aromatic amines is 1. The Balaban J connectivity index is 2.68. The SMILES string of the molecule is CC(N)c1ccc2c(=O)n(C(C)C)[nH]c2c1. The molecule has 0 amide bonds. The highest BCUT2D eigenvalue weighted by Crippen LogP contribution is 2.16. The van der Waals surface area contributed by atoms with Crippen LogP contribution in [0.3, 0.4) is 0 Å². The van der Waals surface area contributed by atoms with E-state index in [0.29, 0.717) is 0 Å². The van der Waals surface area contributed by atoms with Crippen LogP contribution in [0.15, 0.2) is 23.0 Å². The van der Waals surface area contributed by atoms with E-state index in [0.717, 1.165) is 16.5 Å². The van der Waals surface area contributed by atoms with Crippen molar-refractivity contribution in [3.05, 3.63) is 34.1 Å². The molecule has 0 aliphatic carbocycles. The summed E-state index contributed by atoms with van der Waals surface area (Å²) < 4.78 is 1.63. The number of hydrogen-bond acceptors (Lipinski definition) is 2. The molecule has 86 valence electrons. The van der Waals surface area contributed by atoms with E-state index in [4.69, 9.17) is 5.73 Å². The highest BCUT2D eigenvalue weighted by molar-refractivity contribution is 5.78. The average Bonchev–Trinajstić information content (AvgIpc) is 2.55. The normalized spacial score (nSPS) is 13.6. The van der Waals surface area contributed by atoms with Crippen molar-refractivity contribution < 1.29 is 0 Å². The monoisotopic (exact) mass is 219 g/mol. The molecule has 4 heteroatoms. The van der Waals surface area contributed by atoms with E-state index in [1.807, 2.05) is 39.0 Å². The molecule has 0 bridgehead atoms. The Morgan fingerprint density at radius 1 is 1.31 bits per heavy atom. The molecule has 2 rings (SSSR count). The third kappa shape index (κ3) is 1.65. The van der Waals surface area contributed by atoms with Crippen molar-refractivity contribution in [3.8, 4) is 0 Å². The van der Waals surface area contributed by atoms with Crippen LogP contribution in [0.4, 0.5) is 0 Å². The summed E-state index contributed by atoms with van der Waals surface area (Å²) in [6.07, 6.45) is 0. The van der Waals surface area contributed by atoms with Gasteiger partial charge in [-0.05, 0) is 38.5 Å². The first-order valence-corrected chi connectivity index (χ1v) is 5.50. The second kappa shape index (κ2) is 3.79. The number of fused-ring (bicyclic) bond motifs is 1. The van der Waals surface area contributed by atoms with Gasteiger partial charge in [-0.3, -0.25) is 9.89 Å². The molecule has 0 saturated heterocycles. The summed E-state index contributed by atoms with van der Waals surface area (Å²) in [5.74, 6) is 0. The number of rotatable bonds is 2. The first-order chi connectivity index (χ1) is 7.50. The molecule has 0 spiro atoms. The largest absolute Gasteiger partial charge is 0.324 e. The third-order valence-corrected chi connectivity index (χ3v) is 2.78. The quantitative estimate of drug-likeness (QED) is 0.810. The zero-order chi connectivity index (χ0) is 11.9. The molecular weight excluding hydrogens is 202 g/mol. The number of nitrogens with one attached hydrogen (secondary N) is 1. The van der Waals surface area contributed by atoms with Crippen molar-refractivity contribution in [1.29, 1.82) is 0 Å². The second-order valence-electron chi connectivity index (χ2n) is 4.47. The van der Waals surface area contributed by atoms with Crippen LogP contribution in [0.2, 0.25) is 0 Å². The van der Waals surface area contributed by atoms with Crippen molar-refractivity contribution in [3.63, 3.8) is 0 Å². The van der Waals surface area contributed by atoms with Gasteiger partial charge in [0.15, 0.2) is 0 Å². The van der Waals surface area contributed by atoms with Gasteiger partial charge in [-0.25, -0.2) is 4.68 Å². The molecule has 1 aromatic heterocycles. The number of aromatic nitrogens is 2. The minimum absolute atomic E-state index is 0.0182. The predicted molar refractivity (Wildman–Crippen MR) is 65.5 cm³/mol. The maximum absolute atomic E-state index is 12.0. The smallest absolute Gasteiger partial charge is 0.274 e. The minimum atomic E-state index is -0.0182. The summed E-state index contributed by atoms with van der Waals surface area (Å²) >= 11 is 0. The first-order valence-electron chi connectivity index (χ1n) is 5.50. The Morgan fingerprint density at radius 2 is 2.00 bits per heavy atom. The van der Waals surface area contributed by atoms with Gasteiger partial charge in [-0.15, -0.1) is 0 Å². The molecule has 1 heterocycles. The molecule has 1 unspecified atom stereocenters. The van der Waals surface area contributed by atoms with Crippen molar-refractivity contribution in [2.24, 2.45) is 5.73 Å². The molecular formula is C12H17N3O. The van der Waals surface area contributed by atoms with Gasteiger partial charge in [-0.2, -0.15) is 0 Å². The number of H-pyrrole nitrogens is 1. The Bertz CT molecular complexity index is 563. The number of hydrogen-bond donors (Lipinski definition) is 2. The third-order valence-electron chi connectivity index (χ3n) is 2.78. The Hall–Kier alpha value is -1.55. The van der Waals surface area contributed by atoms with Gasteiger partial charge in [0.25, 0.3) is 5.56 Å². The standard InChI is InChI=1S/C12H17N3O/c1-7(2)15-12(16)10-5-4-9(8(3)13)6-11(10)14-15/h4-8,14H,13H2,1-3H3. The molecule has 3 N–H and O–H groups in total. The molecule has 0 aliphatic rings. The number of benzene rings is 1. The summed E-state index contributed by atoms with van der Waals surface area (Å²) in [4.78, 5) is 12.0. The summed E-state index contributed by atoms with van der Waals surface area (Å²) in [5.41, 5.74) is 7.73. The molecule has 1 atom stereocenters.